The van der Waals surface area contributed by atoms with E-state index < -0.39 is 0 Å². The number of hydrogen-bond donors (Lipinski definition) is 1. The molecule has 1 heterocycles. The molecule has 0 saturated carbocycles. The zero-order valence-corrected chi connectivity index (χ0v) is 13.8. The van der Waals surface area contributed by atoms with E-state index in [0.717, 1.165) is 13.0 Å². The molecule has 0 radical (unpaired) electrons. The highest BCUT2D eigenvalue weighted by atomic mass is 32.1. The summed E-state index contributed by atoms with van der Waals surface area (Å²) in [6, 6.07) is 9.45. The third kappa shape index (κ3) is 3.71. The van der Waals surface area contributed by atoms with E-state index in [-0.39, 0.29) is 0 Å². The van der Waals surface area contributed by atoms with Crippen molar-refractivity contribution in [1.29, 1.82) is 0 Å². The summed E-state index contributed by atoms with van der Waals surface area (Å²) >= 11 is 1.86. The summed E-state index contributed by atoms with van der Waals surface area (Å²) in [6.45, 7) is 9.87. The summed E-state index contributed by atoms with van der Waals surface area (Å²) in [6.07, 6.45) is 2.32. The van der Waals surface area contributed by atoms with Crippen LogP contribution >= 0.6 is 11.3 Å². The van der Waals surface area contributed by atoms with Gasteiger partial charge in [0.1, 0.15) is 0 Å². The van der Waals surface area contributed by atoms with Gasteiger partial charge in [-0.1, -0.05) is 30.7 Å². The van der Waals surface area contributed by atoms with Crippen molar-refractivity contribution in [2.75, 3.05) is 6.54 Å². The highest BCUT2D eigenvalue weighted by molar-refractivity contribution is 7.09. The quantitative estimate of drug-likeness (QED) is 0.792. The Balaban J connectivity index is 2.19. The lowest BCUT2D eigenvalue weighted by atomic mass is 9.91. The zero-order chi connectivity index (χ0) is 14.5. The molecular weight excluding hydrogens is 262 g/mol. The van der Waals surface area contributed by atoms with Gasteiger partial charge in [-0.2, -0.15) is 0 Å². The second-order valence-electron chi connectivity index (χ2n) is 5.54. The van der Waals surface area contributed by atoms with Gasteiger partial charge in [-0.25, -0.2) is 0 Å². The minimum Gasteiger partial charge on any atom is -0.310 e. The highest BCUT2D eigenvalue weighted by Crippen LogP contribution is 2.27. The summed E-state index contributed by atoms with van der Waals surface area (Å²) < 4.78 is 0. The molecule has 1 N–H and O–H groups in total. The molecule has 1 atom stereocenters. The van der Waals surface area contributed by atoms with Crippen molar-refractivity contribution in [2.45, 2.75) is 46.6 Å². The Kier molecular flexibility index (Phi) is 5.38. The molecule has 2 aromatic rings. The average molecular weight is 287 g/mol. The molecule has 0 amide bonds. The number of hydrogen-bond acceptors (Lipinski definition) is 2. The van der Waals surface area contributed by atoms with Crippen LogP contribution in [0.5, 0.6) is 0 Å². The van der Waals surface area contributed by atoms with Crippen LogP contribution in [-0.2, 0) is 6.42 Å². The van der Waals surface area contributed by atoms with E-state index in [9.17, 15) is 0 Å². The Morgan fingerprint density at radius 1 is 1.15 bits per heavy atom. The fraction of sp³-hybridized carbons (Fsp3) is 0.444. The Morgan fingerprint density at radius 3 is 2.40 bits per heavy atom. The molecular formula is C18H25NS. The van der Waals surface area contributed by atoms with Gasteiger partial charge >= 0.3 is 0 Å². The van der Waals surface area contributed by atoms with Crippen LogP contribution in [0.2, 0.25) is 0 Å². The monoisotopic (exact) mass is 287 g/mol. The standard InChI is InChI=1S/C18H25NS/c1-5-19-17(9-8-16-7-6-10-20-16)18-14(3)11-13(2)12-15(18)4/h6-7,10-12,17,19H,5,8-9H2,1-4H3. The lowest BCUT2D eigenvalue weighted by Crippen LogP contribution is -2.23. The second-order valence-corrected chi connectivity index (χ2v) is 6.57. The van der Waals surface area contributed by atoms with E-state index in [4.69, 9.17) is 0 Å². The van der Waals surface area contributed by atoms with Crippen LogP contribution in [0.3, 0.4) is 0 Å². The molecule has 0 spiro atoms. The second kappa shape index (κ2) is 7.05. The Hall–Kier alpha value is -1.12. The third-order valence-corrected chi connectivity index (χ3v) is 4.73. The molecule has 1 aromatic heterocycles. The molecule has 20 heavy (non-hydrogen) atoms. The molecule has 108 valence electrons. The first kappa shape index (κ1) is 15.3. The number of benzene rings is 1. The number of rotatable bonds is 6. The van der Waals surface area contributed by atoms with Gasteiger partial charge in [-0.3, -0.25) is 0 Å². The van der Waals surface area contributed by atoms with Gasteiger partial charge in [0.05, 0.1) is 0 Å². The van der Waals surface area contributed by atoms with E-state index >= 15 is 0 Å². The number of thiophene rings is 1. The predicted molar refractivity (Wildman–Crippen MR) is 89.7 cm³/mol. The molecule has 2 rings (SSSR count). The number of aryl methyl sites for hydroxylation is 4. The van der Waals surface area contributed by atoms with Crippen LogP contribution in [0, 0.1) is 20.8 Å². The van der Waals surface area contributed by atoms with Crippen molar-refractivity contribution in [3.05, 3.63) is 56.8 Å². The minimum atomic E-state index is 0.461. The third-order valence-electron chi connectivity index (χ3n) is 3.80. The summed E-state index contributed by atoms with van der Waals surface area (Å²) in [5.41, 5.74) is 5.69. The zero-order valence-electron chi connectivity index (χ0n) is 13.0. The van der Waals surface area contributed by atoms with Gasteiger partial charge in [-0.15, -0.1) is 11.3 Å². The van der Waals surface area contributed by atoms with Crippen LogP contribution in [0.1, 0.15) is 46.5 Å². The molecule has 1 unspecified atom stereocenters. The van der Waals surface area contributed by atoms with Gasteiger partial charge in [0.15, 0.2) is 0 Å². The first-order valence-corrected chi connectivity index (χ1v) is 8.33. The topological polar surface area (TPSA) is 12.0 Å². The summed E-state index contributed by atoms with van der Waals surface area (Å²) in [5.74, 6) is 0. The van der Waals surface area contributed by atoms with Gasteiger partial charge < -0.3 is 5.32 Å². The smallest absolute Gasteiger partial charge is 0.0328 e. The molecule has 1 nitrogen and oxygen atoms in total. The van der Waals surface area contributed by atoms with Crippen molar-refractivity contribution in [3.63, 3.8) is 0 Å². The molecule has 0 saturated heterocycles. The van der Waals surface area contributed by atoms with E-state index in [1.807, 2.05) is 11.3 Å². The van der Waals surface area contributed by atoms with Crippen molar-refractivity contribution in [2.24, 2.45) is 0 Å². The molecule has 0 fully saturated rings. The Morgan fingerprint density at radius 2 is 1.85 bits per heavy atom. The molecule has 0 aliphatic rings. The molecule has 0 aliphatic carbocycles. The maximum absolute atomic E-state index is 3.67. The average Bonchev–Trinajstić information content (AvgIpc) is 2.87. The maximum Gasteiger partial charge on any atom is 0.0328 e. The SMILES string of the molecule is CCNC(CCc1cccs1)c1c(C)cc(C)cc1C. The first-order chi connectivity index (χ1) is 9.61. The molecule has 2 heteroatoms. The van der Waals surface area contributed by atoms with E-state index in [2.05, 4.69) is 62.7 Å². The molecule has 0 bridgehead atoms. The van der Waals surface area contributed by atoms with Crippen molar-refractivity contribution in [1.82, 2.24) is 5.32 Å². The van der Waals surface area contributed by atoms with Crippen LogP contribution in [-0.4, -0.2) is 6.54 Å². The normalized spacial score (nSPS) is 12.6. The summed E-state index contributed by atoms with van der Waals surface area (Å²) in [7, 11) is 0. The van der Waals surface area contributed by atoms with Crippen molar-refractivity contribution >= 4 is 11.3 Å². The van der Waals surface area contributed by atoms with E-state index in [0.29, 0.717) is 6.04 Å². The van der Waals surface area contributed by atoms with Crippen LogP contribution in [0.15, 0.2) is 29.6 Å². The molecule has 0 aliphatic heterocycles. The summed E-state index contributed by atoms with van der Waals surface area (Å²) in [4.78, 5) is 1.48. The van der Waals surface area contributed by atoms with Gasteiger partial charge in [0.25, 0.3) is 0 Å². The first-order valence-electron chi connectivity index (χ1n) is 7.45. The van der Waals surface area contributed by atoms with E-state index in [1.54, 1.807) is 0 Å². The Labute approximate surface area is 127 Å². The lowest BCUT2D eigenvalue weighted by molar-refractivity contribution is 0.512. The fourth-order valence-corrected chi connectivity index (χ4v) is 3.80. The Bertz CT molecular complexity index is 520. The van der Waals surface area contributed by atoms with Gasteiger partial charge in [0.2, 0.25) is 0 Å². The van der Waals surface area contributed by atoms with Gasteiger partial charge in [-0.05, 0) is 68.3 Å². The maximum atomic E-state index is 3.67. The molecule has 1 aromatic carbocycles. The predicted octanol–water partition coefficient (Wildman–Crippen LogP) is 4.96. The van der Waals surface area contributed by atoms with Crippen LogP contribution in [0.25, 0.3) is 0 Å². The van der Waals surface area contributed by atoms with Crippen LogP contribution < -0.4 is 5.32 Å². The number of nitrogens with one attached hydrogen (secondary N) is 1. The largest absolute Gasteiger partial charge is 0.310 e. The van der Waals surface area contributed by atoms with Crippen LogP contribution in [0.4, 0.5) is 0 Å². The van der Waals surface area contributed by atoms with Gasteiger partial charge in [0, 0.05) is 10.9 Å². The van der Waals surface area contributed by atoms with E-state index in [1.165, 1.54) is 33.6 Å². The van der Waals surface area contributed by atoms with Crippen molar-refractivity contribution in [3.8, 4) is 0 Å². The van der Waals surface area contributed by atoms with Crippen molar-refractivity contribution < 1.29 is 0 Å². The lowest BCUT2D eigenvalue weighted by Gasteiger charge is -2.23. The fourth-order valence-electron chi connectivity index (χ4n) is 3.08. The minimum absolute atomic E-state index is 0.461. The highest BCUT2D eigenvalue weighted by Gasteiger charge is 2.15. The summed E-state index contributed by atoms with van der Waals surface area (Å²) in [5, 5.41) is 5.83.